The quantitative estimate of drug-likeness (QED) is 0.706. The van der Waals surface area contributed by atoms with Crippen molar-refractivity contribution in [3.8, 4) is 0 Å². The second-order valence-corrected chi connectivity index (χ2v) is 8.19. The predicted octanol–water partition coefficient (Wildman–Crippen LogP) is 3.62. The second kappa shape index (κ2) is 9.61. The molecule has 1 aromatic rings. The van der Waals surface area contributed by atoms with Gasteiger partial charge in [-0.2, -0.15) is 0 Å². The number of amides is 1. The molecule has 2 heterocycles. The normalized spacial score (nSPS) is 16.8. The van der Waals surface area contributed by atoms with Gasteiger partial charge in [0.25, 0.3) is 0 Å². The number of hydrogen-bond acceptors (Lipinski definition) is 4. The Morgan fingerprint density at radius 3 is 2.67 bits per heavy atom. The molecular weight excluding hydrogens is 373 g/mol. The van der Waals surface area contributed by atoms with E-state index in [0.29, 0.717) is 41.1 Å². The van der Waals surface area contributed by atoms with Crippen molar-refractivity contribution in [2.45, 2.75) is 32.1 Å². The van der Waals surface area contributed by atoms with Gasteiger partial charge in [0.05, 0.1) is 14.6 Å². The molecule has 24 heavy (non-hydrogen) atoms. The van der Waals surface area contributed by atoms with Crippen molar-refractivity contribution in [2.24, 2.45) is 11.8 Å². The van der Waals surface area contributed by atoms with Gasteiger partial charge in [-0.3, -0.25) is 9.59 Å². The largest absolute Gasteiger partial charge is 0.481 e. The van der Waals surface area contributed by atoms with E-state index in [0.717, 1.165) is 18.4 Å². The van der Waals surface area contributed by atoms with Gasteiger partial charge in [-0.1, -0.05) is 23.2 Å². The highest BCUT2D eigenvalue weighted by molar-refractivity contribution is 7.20. The van der Waals surface area contributed by atoms with E-state index in [1.54, 1.807) is 0 Å². The van der Waals surface area contributed by atoms with Crippen molar-refractivity contribution in [1.29, 1.82) is 0 Å². The predicted molar refractivity (Wildman–Crippen MR) is 95.0 cm³/mol. The number of carbonyl (C=O) groups is 2. The minimum absolute atomic E-state index is 0.0586. The lowest BCUT2D eigenvalue weighted by atomic mass is 9.86. The van der Waals surface area contributed by atoms with Gasteiger partial charge in [0, 0.05) is 26.2 Å². The molecule has 134 valence electrons. The van der Waals surface area contributed by atoms with Crippen LogP contribution in [0.15, 0.2) is 6.07 Å². The fraction of sp³-hybridized carbons (Fsp3) is 0.625. The number of aliphatic carboxylic acids is 1. The second-order valence-electron chi connectivity index (χ2n) is 5.90. The first-order valence-electron chi connectivity index (χ1n) is 7.98. The van der Waals surface area contributed by atoms with E-state index in [2.05, 4.69) is 5.32 Å². The minimum Gasteiger partial charge on any atom is -0.481 e. The Morgan fingerprint density at radius 1 is 1.38 bits per heavy atom. The number of rotatable bonds is 8. The summed E-state index contributed by atoms with van der Waals surface area (Å²) in [5.74, 6) is -1.49. The molecule has 1 aromatic heterocycles. The fourth-order valence-electron chi connectivity index (χ4n) is 2.87. The molecule has 1 aliphatic rings. The lowest BCUT2D eigenvalue weighted by Crippen LogP contribution is -2.38. The van der Waals surface area contributed by atoms with Crippen LogP contribution in [0.1, 0.15) is 31.2 Å². The molecule has 5 nitrogen and oxygen atoms in total. The van der Waals surface area contributed by atoms with E-state index < -0.39 is 11.9 Å². The smallest absolute Gasteiger partial charge is 0.308 e. The van der Waals surface area contributed by atoms with Crippen LogP contribution in [-0.2, 0) is 20.7 Å². The summed E-state index contributed by atoms with van der Waals surface area (Å²) < 4.78 is 6.56. The molecule has 0 saturated carbocycles. The molecule has 1 fully saturated rings. The average molecular weight is 394 g/mol. The number of carbonyl (C=O) groups excluding carboxylic acids is 1. The third kappa shape index (κ3) is 5.92. The summed E-state index contributed by atoms with van der Waals surface area (Å²) in [4.78, 5) is 23.4. The summed E-state index contributed by atoms with van der Waals surface area (Å²) >= 11 is 13.2. The van der Waals surface area contributed by atoms with Crippen LogP contribution in [0.2, 0.25) is 8.67 Å². The summed E-state index contributed by atoms with van der Waals surface area (Å²) in [6.45, 7) is 1.35. The first-order chi connectivity index (χ1) is 11.5. The van der Waals surface area contributed by atoms with E-state index in [1.807, 2.05) is 6.07 Å². The first kappa shape index (κ1) is 19.5. The maximum atomic E-state index is 11.9. The zero-order chi connectivity index (χ0) is 17.5. The van der Waals surface area contributed by atoms with E-state index in [1.165, 1.54) is 11.3 Å². The van der Waals surface area contributed by atoms with Gasteiger partial charge in [-0.15, -0.1) is 11.3 Å². The van der Waals surface area contributed by atoms with Crippen LogP contribution in [0.5, 0.6) is 0 Å². The lowest BCUT2D eigenvalue weighted by Gasteiger charge is -2.27. The molecule has 0 aromatic carbocycles. The van der Waals surface area contributed by atoms with Crippen LogP contribution in [0.3, 0.4) is 0 Å². The maximum absolute atomic E-state index is 11.9. The number of aryl methyl sites for hydroxylation is 1. The summed E-state index contributed by atoms with van der Waals surface area (Å²) in [6, 6.07) is 1.82. The van der Waals surface area contributed by atoms with Gasteiger partial charge < -0.3 is 15.2 Å². The Kier molecular flexibility index (Phi) is 7.81. The SMILES string of the molecule is O=C(CCCc1cc(Cl)sc1Cl)NCC(C(=O)O)C1CCOCC1. The summed E-state index contributed by atoms with van der Waals surface area (Å²) in [7, 11) is 0. The van der Waals surface area contributed by atoms with Crippen LogP contribution in [0.4, 0.5) is 0 Å². The number of carboxylic acids is 1. The number of hydrogen-bond donors (Lipinski definition) is 2. The Labute approximate surface area is 155 Å². The van der Waals surface area contributed by atoms with Gasteiger partial charge in [-0.05, 0) is 43.2 Å². The van der Waals surface area contributed by atoms with Gasteiger partial charge in [0.2, 0.25) is 5.91 Å². The standard InChI is InChI=1S/C16H21Cl2NO4S/c17-13-8-11(15(18)24-13)2-1-3-14(20)19-9-12(16(21)22)10-4-6-23-7-5-10/h8,10,12H,1-7,9H2,(H,19,20)(H,21,22). The van der Waals surface area contributed by atoms with Gasteiger partial charge in [-0.25, -0.2) is 0 Å². The Balaban J connectivity index is 1.72. The molecule has 1 saturated heterocycles. The molecule has 1 unspecified atom stereocenters. The van der Waals surface area contributed by atoms with Crippen molar-refractivity contribution >= 4 is 46.4 Å². The summed E-state index contributed by atoms with van der Waals surface area (Å²) in [6.07, 6.45) is 3.11. The van der Waals surface area contributed by atoms with Gasteiger partial charge >= 0.3 is 5.97 Å². The molecule has 1 amide bonds. The minimum atomic E-state index is -0.859. The topological polar surface area (TPSA) is 75.6 Å². The zero-order valence-corrected chi connectivity index (χ0v) is 15.6. The van der Waals surface area contributed by atoms with Crippen molar-refractivity contribution < 1.29 is 19.4 Å². The van der Waals surface area contributed by atoms with Gasteiger partial charge in [0.15, 0.2) is 0 Å². The number of thiophene rings is 1. The van der Waals surface area contributed by atoms with Gasteiger partial charge in [0.1, 0.15) is 0 Å². The highest BCUT2D eigenvalue weighted by Gasteiger charge is 2.29. The number of nitrogens with one attached hydrogen (secondary N) is 1. The Hall–Kier alpha value is -0.820. The molecular formula is C16H21Cl2NO4S. The van der Waals surface area contributed by atoms with Crippen LogP contribution in [-0.4, -0.2) is 36.7 Å². The zero-order valence-electron chi connectivity index (χ0n) is 13.2. The lowest BCUT2D eigenvalue weighted by molar-refractivity contribution is -0.144. The Morgan fingerprint density at radius 2 is 2.08 bits per heavy atom. The van der Waals surface area contributed by atoms with Crippen LogP contribution in [0, 0.1) is 11.8 Å². The molecule has 2 N–H and O–H groups in total. The number of halogens is 2. The number of carboxylic acid groups (broad SMARTS) is 1. The van der Waals surface area contributed by atoms with Crippen LogP contribution in [0.25, 0.3) is 0 Å². The molecule has 1 atom stereocenters. The molecule has 8 heteroatoms. The number of ether oxygens (including phenoxy) is 1. The molecule has 0 bridgehead atoms. The Bertz CT molecular complexity index is 572. The van der Waals surface area contributed by atoms with E-state index in [4.69, 9.17) is 27.9 Å². The van der Waals surface area contributed by atoms with Crippen molar-refractivity contribution in [3.05, 3.63) is 20.3 Å². The van der Waals surface area contributed by atoms with Crippen molar-refractivity contribution in [1.82, 2.24) is 5.32 Å². The third-order valence-corrected chi connectivity index (χ3v) is 5.82. The molecule has 0 radical (unpaired) electrons. The van der Waals surface area contributed by atoms with Crippen LogP contribution < -0.4 is 5.32 Å². The fourth-order valence-corrected chi connectivity index (χ4v) is 4.41. The van der Waals surface area contributed by atoms with Crippen LogP contribution >= 0.6 is 34.5 Å². The van der Waals surface area contributed by atoms with Crippen molar-refractivity contribution in [3.63, 3.8) is 0 Å². The van der Waals surface area contributed by atoms with E-state index in [9.17, 15) is 14.7 Å². The highest BCUT2D eigenvalue weighted by Crippen LogP contribution is 2.32. The molecule has 0 aliphatic carbocycles. The first-order valence-corrected chi connectivity index (χ1v) is 9.55. The summed E-state index contributed by atoms with van der Waals surface area (Å²) in [5.41, 5.74) is 0.949. The maximum Gasteiger partial charge on any atom is 0.308 e. The van der Waals surface area contributed by atoms with E-state index >= 15 is 0 Å². The average Bonchev–Trinajstić information content (AvgIpc) is 2.86. The third-order valence-electron chi connectivity index (χ3n) is 4.25. The monoisotopic (exact) mass is 393 g/mol. The van der Waals surface area contributed by atoms with Crippen molar-refractivity contribution in [2.75, 3.05) is 19.8 Å². The molecule has 2 rings (SSSR count). The molecule has 0 spiro atoms. The van der Waals surface area contributed by atoms with E-state index in [-0.39, 0.29) is 18.4 Å². The molecule has 1 aliphatic heterocycles. The summed E-state index contributed by atoms with van der Waals surface area (Å²) in [5, 5.41) is 12.1. The highest BCUT2D eigenvalue weighted by atomic mass is 35.5.